The summed E-state index contributed by atoms with van der Waals surface area (Å²) < 4.78 is 5.11. The summed E-state index contributed by atoms with van der Waals surface area (Å²) in [5.41, 5.74) is 4.20. The van der Waals surface area contributed by atoms with Gasteiger partial charge in [0.25, 0.3) is 0 Å². The number of nitriles is 1. The van der Waals surface area contributed by atoms with Gasteiger partial charge < -0.3 is 15.5 Å². The highest BCUT2D eigenvalue weighted by atomic mass is 32.1. The van der Waals surface area contributed by atoms with Gasteiger partial charge in [0.1, 0.15) is 5.75 Å². The van der Waals surface area contributed by atoms with Gasteiger partial charge in [-0.1, -0.05) is 44.2 Å². The molecule has 1 heterocycles. The van der Waals surface area contributed by atoms with E-state index in [0.29, 0.717) is 18.6 Å². The minimum Gasteiger partial charge on any atom is -0.426 e. The summed E-state index contributed by atoms with van der Waals surface area (Å²) in [5.74, 6) is 0.466. The van der Waals surface area contributed by atoms with Crippen molar-refractivity contribution >= 4 is 19.5 Å². The summed E-state index contributed by atoms with van der Waals surface area (Å²) in [6.45, 7) is 4.00. The molecule has 0 unspecified atom stereocenters. The van der Waals surface area contributed by atoms with E-state index in [1.165, 1.54) is 0 Å². The highest BCUT2D eigenvalue weighted by molar-refractivity contribution is 7.59. The van der Waals surface area contributed by atoms with Crippen molar-refractivity contribution in [3.05, 3.63) is 53.6 Å². The molecule has 5 nitrogen and oxygen atoms in total. The summed E-state index contributed by atoms with van der Waals surface area (Å²) in [7, 11) is 1.79. The second kappa shape index (κ2) is 11.3. The highest BCUT2D eigenvalue weighted by Gasteiger charge is 2.20. The summed E-state index contributed by atoms with van der Waals surface area (Å²) >= 11 is 0. The summed E-state index contributed by atoms with van der Waals surface area (Å²) in [6, 6.07) is 16.0. The average Bonchev–Trinajstić information content (AvgIpc) is 3.01. The van der Waals surface area contributed by atoms with Crippen molar-refractivity contribution < 1.29 is 15.0 Å². The minimum absolute atomic E-state index is 0. The van der Waals surface area contributed by atoms with Crippen molar-refractivity contribution in [1.82, 2.24) is 5.32 Å². The Morgan fingerprint density at radius 3 is 2.35 bits per heavy atom. The first-order chi connectivity index (χ1) is 11.7. The molecule has 0 bridgehead atoms. The molecule has 0 aliphatic carbocycles. The van der Waals surface area contributed by atoms with E-state index in [4.69, 9.17) is 10.00 Å². The second-order valence-electron chi connectivity index (χ2n) is 5.34. The molecule has 0 amide bonds. The van der Waals surface area contributed by atoms with Gasteiger partial charge in [-0.2, -0.15) is 18.8 Å². The molecule has 0 fully saturated rings. The number of likely N-dealkylation sites (N-methyl/N-ethyl adjacent to an activating group) is 1. The number of ether oxygens (including phenoxy) is 1. The Morgan fingerprint density at radius 1 is 1.15 bits per heavy atom. The van der Waals surface area contributed by atoms with Crippen molar-refractivity contribution in [3.63, 3.8) is 0 Å². The van der Waals surface area contributed by atoms with E-state index >= 15 is 0 Å². The Morgan fingerprint density at radius 2 is 1.77 bits per heavy atom. The molecule has 3 N–H and O–H groups in total. The molecule has 1 aliphatic rings. The van der Waals surface area contributed by atoms with Crippen molar-refractivity contribution in [1.29, 1.82) is 5.26 Å². The van der Waals surface area contributed by atoms with Gasteiger partial charge in [-0.05, 0) is 35.9 Å². The lowest BCUT2D eigenvalue weighted by Crippen LogP contribution is -2.25. The van der Waals surface area contributed by atoms with Crippen molar-refractivity contribution in [2.24, 2.45) is 0 Å². The smallest absolute Gasteiger partial charge is 0.315 e. The third kappa shape index (κ3) is 5.60. The molecule has 0 saturated carbocycles. The predicted octanol–water partition coefficient (Wildman–Crippen LogP) is 2.78. The van der Waals surface area contributed by atoms with E-state index in [0.717, 1.165) is 22.3 Å². The summed E-state index contributed by atoms with van der Waals surface area (Å²) in [6.07, 6.45) is 1.02. The summed E-state index contributed by atoms with van der Waals surface area (Å²) in [4.78, 5) is 11.3. The van der Waals surface area contributed by atoms with Crippen LogP contribution >= 0.6 is 13.5 Å². The van der Waals surface area contributed by atoms with E-state index in [1.807, 2.05) is 56.3 Å². The molecule has 0 spiro atoms. The van der Waals surface area contributed by atoms with Crippen LogP contribution in [-0.2, 0) is 17.6 Å². The van der Waals surface area contributed by atoms with E-state index in [-0.39, 0.29) is 31.0 Å². The topological polar surface area (TPSA) is 93.6 Å². The number of esters is 1. The highest BCUT2D eigenvalue weighted by Crippen LogP contribution is 2.31. The maximum atomic E-state index is 11.3. The SMILES string of the molecule is CC.CN[C@H](C#N)Cc1ccc(-c2ccc3c(c2)CC(=O)O3)cc1.O.S. The first-order valence-corrected chi connectivity index (χ1v) is 8.19. The first-order valence-electron chi connectivity index (χ1n) is 8.19. The Hall–Kier alpha value is -2.33. The molecule has 1 atom stereocenters. The number of rotatable bonds is 4. The van der Waals surface area contributed by atoms with Gasteiger partial charge in [0.2, 0.25) is 0 Å². The number of carbonyl (C=O) groups is 1. The van der Waals surface area contributed by atoms with Gasteiger partial charge in [-0.25, -0.2) is 0 Å². The number of nitrogens with one attached hydrogen (secondary N) is 1. The normalized spacial score (nSPS) is 12.2. The fraction of sp³-hybridized carbons (Fsp3) is 0.300. The zero-order valence-corrected chi connectivity index (χ0v) is 16.3. The van der Waals surface area contributed by atoms with Gasteiger partial charge in [0.05, 0.1) is 18.5 Å². The molecule has 3 rings (SSSR count). The van der Waals surface area contributed by atoms with Crippen molar-refractivity contribution in [2.45, 2.75) is 32.7 Å². The van der Waals surface area contributed by atoms with Crippen LogP contribution in [0.3, 0.4) is 0 Å². The molecule has 6 heteroatoms. The van der Waals surface area contributed by atoms with Gasteiger partial charge >= 0.3 is 5.97 Å². The molecule has 140 valence electrons. The van der Waals surface area contributed by atoms with Crippen LogP contribution < -0.4 is 10.1 Å². The Kier molecular flexibility index (Phi) is 10.3. The Balaban J connectivity index is 0.00000151. The molecular formula is C20H26N2O3S. The van der Waals surface area contributed by atoms with Gasteiger partial charge in [0.15, 0.2) is 0 Å². The van der Waals surface area contributed by atoms with Crippen LogP contribution in [0.5, 0.6) is 5.75 Å². The van der Waals surface area contributed by atoms with E-state index < -0.39 is 0 Å². The fourth-order valence-corrected chi connectivity index (χ4v) is 2.59. The molecule has 26 heavy (non-hydrogen) atoms. The summed E-state index contributed by atoms with van der Waals surface area (Å²) in [5, 5.41) is 12.0. The predicted molar refractivity (Wildman–Crippen MR) is 109 cm³/mol. The zero-order valence-electron chi connectivity index (χ0n) is 15.3. The number of hydrogen-bond donors (Lipinski definition) is 1. The minimum atomic E-state index is -0.197. The molecule has 2 aromatic carbocycles. The molecule has 0 radical (unpaired) electrons. The van der Waals surface area contributed by atoms with Crippen LogP contribution in [0.4, 0.5) is 0 Å². The maximum Gasteiger partial charge on any atom is 0.315 e. The van der Waals surface area contributed by atoms with Crippen molar-refractivity contribution in [3.8, 4) is 22.9 Å². The third-order valence-corrected chi connectivity index (χ3v) is 3.85. The molecule has 0 aromatic heterocycles. The maximum absolute atomic E-state index is 11.3. The standard InChI is InChI=1S/C18H16N2O2.C2H6.H2O.H2S/c1-20-16(11-19)8-12-2-4-13(5-3-12)14-6-7-17-15(9-14)10-18(21)22-17;1-2;;/h2-7,9,16,20H,8,10H2,1H3;1-2H3;2*1H2/t16-;;;/m0.../s1. The van der Waals surface area contributed by atoms with Crippen LogP contribution in [-0.4, -0.2) is 24.5 Å². The largest absolute Gasteiger partial charge is 0.426 e. The van der Waals surface area contributed by atoms with E-state index in [2.05, 4.69) is 11.4 Å². The lowest BCUT2D eigenvalue weighted by Gasteiger charge is -2.09. The molecule has 2 aromatic rings. The molecular weight excluding hydrogens is 348 g/mol. The number of benzene rings is 2. The number of carbonyl (C=O) groups excluding carboxylic acids is 1. The monoisotopic (exact) mass is 374 g/mol. The third-order valence-electron chi connectivity index (χ3n) is 3.85. The van der Waals surface area contributed by atoms with Crippen LogP contribution in [0.2, 0.25) is 0 Å². The number of nitrogens with zero attached hydrogens (tertiary/aromatic N) is 1. The van der Waals surface area contributed by atoms with Crippen LogP contribution in [0.15, 0.2) is 42.5 Å². The number of hydrogen-bond acceptors (Lipinski definition) is 4. The second-order valence-corrected chi connectivity index (χ2v) is 5.34. The Bertz CT molecular complexity index is 755. The van der Waals surface area contributed by atoms with E-state index in [9.17, 15) is 4.79 Å². The van der Waals surface area contributed by atoms with Gasteiger partial charge in [-0.3, -0.25) is 4.79 Å². The van der Waals surface area contributed by atoms with Gasteiger partial charge in [-0.15, -0.1) is 0 Å². The van der Waals surface area contributed by atoms with E-state index in [1.54, 1.807) is 7.05 Å². The van der Waals surface area contributed by atoms with Crippen molar-refractivity contribution in [2.75, 3.05) is 7.05 Å². The molecule has 1 aliphatic heterocycles. The lowest BCUT2D eigenvalue weighted by atomic mass is 9.99. The van der Waals surface area contributed by atoms with Crippen LogP contribution in [0.25, 0.3) is 11.1 Å². The van der Waals surface area contributed by atoms with Crippen LogP contribution in [0, 0.1) is 11.3 Å². The first kappa shape index (κ1) is 23.7. The zero-order chi connectivity index (χ0) is 17.5. The fourth-order valence-electron chi connectivity index (χ4n) is 2.59. The number of fused-ring (bicyclic) bond motifs is 1. The quantitative estimate of drug-likeness (QED) is 0.658. The lowest BCUT2D eigenvalue weighted by molar-refractivity contribution is -0.131. The average molecular weight is 375 g/mol. The Labute approximate surface area is 161 Å². The van der Waals surface area contributed by atoms with Gasteiger partial charge in [0, 0.05) is 12.0 Å². The van der Waals surface area contributed by atoms with Crippen LogP contribution in [0.1, 0.15) is 25.0 Å². The molecule has 0 saturated heterocycles.